The molecule has 0 spiro atoms. The van der Waals surface area contributed by atoms with Crippen LogP contribution in [-0.2, 0) is 9.59 Å². The van der Waals surface area contributed by atoms with Crippen molar-refractivity contribution >= 4 is 35.0 Å². The number of hydrogen-bond donors (Lipinski definition) is 0. The van der Waals surface area contributed by atoms with E-state index in [1.165, 1.54) is 0 Å². The van der Waals surface area contributed by atoms with Gasteiger partial charge < -0.3 is 19.8 Å². The maximum atomic E-state index is 10.8. The molecule has 4 nitrogen and oxygen atoms in total. The molecule has 5 heteroatoms. The van der Waals surface area contributed by atoms with Crippen LogP contribution in [0.25, 0.3) is 0 Å². The van der Waals surface area contributed by atoms with Gasteiger partial charge in [0.1, 0.15) is 0 Å². The van der Waals surface area contributed by atoms with E-state index in [1.807, 2.05) is 6.92 Å². The number of carbonyl (C=O) groups excluding carboxylic acids is 2. The molecule has 0 amide bonds. The molecule has 1 aromatic rings. The fourth-order valence-corrected chi connectivity index (χ4v) is 1.98. The van der Waals surface area contributed by atoms with E-state index >= 15 is 0 Å². The van der Waals surface area contributed by atoms with Crippen LogP contribution in [0.15, 0.2) is 12.1 Å². The Labute approximate surface area is 116 Å². The monoisotopic (exact) mass is 244 g/mol. The fraction of sp³-hybridized carbons (Fsp3) is 0.333. The van der Waals surface area contributed by atoms with Crippen LogP contribution in [0.5, 0.6) is 0 Å². The summed E-state index contributed by atoms with van der Waals surface area (Å²) in [5.41, 5.74) is 2.45. The molecule has 0 aliphatic rings. The third kappa shape index (κ3) is 3.44. The molecule has 17 heavy (non-hydrogen) atoms. The van der Waals surface area contributed by atoms with Gasteiger partial charge in [-0.05, 0) is 37.5 Å². The Balaban J connectivity index is 0.00000256. The zero-order valence-corrected chi connectivity index (χ0v) is 11.5. The van der Waals surface area contributed by atoms with Gasteiger partial charge in [-0.3, -0.25) is 0 Å². The Bertz CT molecular complexity index is 417. The first-order valence-corrected chi connectivity index (χ1v) is 4.84. The van der Waals surface area contributed by atoms with Crippen molar-refractivity contribution < 1.29 is 19.8 Å². The SMILES string of the molecule is Cc1cc(C)c(C(C(=O)[O-])C(=O)[O-])c(C)c1.[Mg+2]. The fourth-order valence-electron chi connectivity index (χ4n) is 1.98. The van der Waals surface area contributed by atoms with Crippen LogP contribution in [0.4, 0.5) is 0 Å². The third-order valence-corrected chi connectivity index (χ3v) is 2.50. The van der Waals surface area contributed by atoms with E-state index < -0.39 is 17.9 Å². The summed E-state index contributed by atoms with van der Waals surface area (Å²) in [6.07, 6.45) is 0. The van der Waals surface area contributed by atoms with Crippen LogP contribution in [-0.4, -0.2) is 35.0 Å². The van der Waals surface area contributed by atoms with Gasteiger partial charge in [0.15, 0.2) is 0 Å². The van der Waals surface area contributed by atoms with Gasteiger partial charge >= 0.3 is 23.1 Å². The maximum absolute atomic E-state index is 10.8. The molecule has 0 saturated carbocycles. The van der Waals surface area contributed by atoms with Crippen LogP contribution in [0.1, 0.15) is 28.2 Å². The number of carbonyl (C=O) groups is 2. The van der Waals surface area contributed by atoms with Crippen molar-refractivity contribution in [1.29, 1.82) is 0 Å². The van der Waals surface area contributed by atoms with Crippen molar-refractivity contribution in [1.82, 2.24) is 0 Å². The molecule has 0 unspecified atom stereocenters. The molecule has 0 aliphatic heterocycles. The van der Waals surface area contributed by atoms with E-state index in [0.29, 0.717) is 11.1 Å². The second-order valence-corrected chi connectivity index (χ2v) is 3.88. The Hall–Kier alpha value is -1.07. The number of aryl methyl sites for hydroxylation is 3. The summed E-state index contributed by atoms with van der Waals surface area (Å²) in [4.78, 5) is 21.6. The van der Waals surface area contributed by atoms with E-state index in [9.17, 15) is 19.8 Å². The molecule has 1 rings (SSSR count). The van der Waals surface area contributed by atoms with Gasteiger partial charge in [0.05, 0.1) is 17.9 Å². The Morgan fingerprint density at radius 1 is 1.00 bits per heavy atom. The Kier molecular flexibility index (Phi) is 5.64. The van der Waals surface area contributed by atoms with E-state index in [2.05, 4.69) is 0 Å². The van der Waals surface area contributed by atoms with Crippen LogP contribution in [0, 0.1) is 20.8 Å². The van der Waals surface area contributed by atoms with Crippen LogP contribution in [0.3, 0.4) is 0 Å². The first-order chi connectivity index (χ1) is 7.34. The summed E-state index contributed by atoms with van der Waals surface area (Å²) in [5.74, 6) is -4.99. The minimum Gasteiger partial charge on any atom is -0.549 e. The van der Waals surface area contributed by atoms with Crippen molar-refractivity contribution in [3.63, 3.8) is 0 Å². The molecule has 0 aliphatic carbocycles. The van der Waals surface area contributed by atoms with Crippen molar-refractivity contribution in [3.8, 4) is 0 Å². The summed E-state index contributed by atoms with van der Waals surface area (Å²) in [6, 6.07) is 3.47. The first-order valence-electron chi connectivity index (χ1n) is 4.84. The second-order valence-electron chi connectivity index (χ2n) is 3.88. The van der Waals surface area contributed by atoms with E-state index in [4.69, 9.17) is 0 Å². The quantitative estimate of drug-likeness (QED) is 0.495. The van der Waals surface area contributed by atoms with Crippen LogP contribution >= 0.6 is 0 Å². The predicted octanol–water partition coefficient (Wildman–Crippen LogP) is -1.19. The summed E-state index contributed by atoms with van der Waals surface area (Å²) >= 11 is 0. The molecule has 0 bridgehead atoms. The minimum atomic E-state index is -1.71. The molecule has 0 radical (unpaired) electrons. The average molecular weight is 245 g/mol. The molecular weight excluding hydrogens is 232 g/mol. The molecule has 0 heterocycles. The van der Waals surface area contributed by atoms with Gasteiger partial charge in [-0.2, -0.15) is 0 Å². The van der Waals surface area contributed by atoms with Crippen LogP contribution in [0.2, 0.25) is 0 Å². The number of benzene rings is 1. The smallest absolute Gasteiger partial charge is 0.549 e. The molecule has 0 fully saturated rings. The van der Waals surface area contributed by atoms with Gasteiger partial charge in [-0.1, -0.05) is 17.7 Å². The zero-order chi connectivity index (χ0) is 12.5. The van der Waals surface area contributed by atoms with Gasteiger partial charge in [0, 0.05) is 0 Å². The summed E-state index contributed by atoms with van der Waals surface area (Å²) in [7, 11) is 0. The largest absolute Gasteiger partial charge is 2.00 e. The summed E-state index contributed by atoms with van der Waals surface area (Å²) in [6.45, 7) is 5.21. The van der Waals surface area contributed by atoms with Gasteiger partial charge in [0.2, 0.25) is 0 Å². The standard InChI is InChI=1S/C12H14O4.Mg/c1-6-4-7(2)9(8(3)5-6)10(11(13)14)12(15)16;/h4-5,10H,1-3H3,(H,13,14)(H,15,16);/q;+2/p-2. The van der Waals surface area contributed by atoms with Crippen LogP contribution < -0.4 is 10.2 Å². The Morgan fingerprint density at radius 3 is 1.65 bits per heavy atom. The molecule has 0 aromatic heterocycles. The number of rotatable bonds is 3. The number of carboxylic acid groups (broad SMARTS) is 2. The molecule has 86 valence electrons. The normalized spacial score (nSPS) is 9.88. The predicted molar refractivity (Wildman–Crippen MR) is 59.2 cm³/mol. The first kappa shape index (κ1) is 15.9. The number of carboxylic acids is 2. The number of aliphatic carboxylic acids is 2. The molecule has 0 N–H and O–H groups in total. The topological polar surface area (TPSA) is 80.3 Å². The summed E-state index contributed by atoms with van der Waals surface area (Å²) < 4.78 is 0. The van der Waals surface area contributed by atoms with Crippen molar-refractivity contribution in [2.75, 3.05) is 0 Å². The van der Waals surface area contributed by atoms with Crippen molar-refractivity contribution in [2.45, 2.75) is 26.7 Å². The van der Waals surface area contributed by atoms with E-state index in [0.717, 1.165) is 5.56 Å². The van der Waals surface area contributed by atoms with Crippen molar-refractivity contribution in [2.24, 2.45) is 0 Å². The number of hydrogen-bond acceptors (Lipinski definition) is 4. The van der Waals surface area contributed by atoms with Gasteiger partial charge in [-0.15, -0.1) is 0 Å². The van der Waals surface area contributed by atoms with Gasteiger partial charge in [-0.25, -0.2) is 0 Å². The second kappa shape index (κ2) is 6.02. The minimum absolute atomic E-state index is 0. The molecule has 1 aromatic carbocycles. The molecular formula is C12H12MgO4. The zero-order valence-electron chi connectivity index (χ0n) is 10.1. The molecule has 0 saturated heterocycles. The Morgan fingerprint density at radius 2 is 1.35 bits per heavy atom. The van der Waals surface area contributed by atoms with Crippen molar-refractivity contribution in [3.05, 3.63) is 34.4 Å². The molecule has 0 atom stereocenters. The maximum Gasteiger partial charge on any atom is 2.00 e. The third-order valence-electron chi connectivity index (χ3n) is 2.50. The summed E-state index contributed by atoms with van der Waals surface area (Å²) in [5, 5.41) is 21.6. The van der Waals surface area contributed by atoms with Gasteiger partial charge in [0.25, 0.3) is 0 Å². The average Bonchev–Trinajstić information content (AvgIpc) is 2.09. The van der Waals surface area contributed by atoms with E-state index in [1.54, 1.807) is 26.0 Å². The van der Waals surface area contributed by atoms with E-state index in [-0.39, 0.29) is 28.6 Å².